The Kier molecular flexibility index (Phi) is 11.8. The third-order valence-electron chi connectivity index (χ3n) is 3.05. The number of hydrogen-bond acceptors (Lipinski definition) is 7. The Morgan fingerprint density at radius 2 is 1.74 bits per heavy atom. The minimum Gasteiger partial charge on any atom is -0.462 e. The summed E-state index contributed by atoms with van der Waals surface area (Å²) in [5.41, 5.74) is 11.6. The predicted octanol–water partition coefficient (Wildman–Crippen LogP) is 0.845. The van der Waals surface area contributed by atoms with Crippen LogP contribution in [0.4, 0.5) is 0 Å². The molecule has 7 nitrogen and oxygen atoms in total. The molecular formula is C16H28N2O5. The molecule has 1 unspecified atom stereocenters. The molecule has 0 aromatic rings. The number of hydrogen-bond donors (Lipinski definition) is 2. The summed E-state index contributed by atoms with van der Waals surface area (Å²) in [6, 6.07) is -0.138. The Bertz CT molecular complexity index is 409. The Morgan fingerprint density at radius 3 is 2.35 bits per heavy atom. The Balaban J connectivity index is 3.79. The average molecular weight is 328 g/mol. The van der Waals surface area contributed by atoms with Crippen LogP contribution in [-0.4, -0.2) is 43.5 Å². The smallest absolute Gasteiger partial charge is 0.333 e. The molecule has 0 radical (unpaired) electrons. The first kappa shape index (κ1) is 21.3. The van der Waals surface area contributed by atoms with Crippen molar-refractivity contribution in [2.45, 2.75) is 51.5 Å². The van der Waals surface area contributed by atoms with Gasteiger partial charge in [0.05, 0.1) is 0 Å². The topological polar surface area (TPSA) is 122 Å². The summed E-state index contributed by atoms with van der Waals surface area (Å²) < 4.78 is 9.67. The fraction of sp³-hybridized carbons (Fsp3) is 0.688. The molecule has 0 aliphatic rings. The van der Waals surface area contributed by atoms with Crippen LogP contribution in [-0.2, 0) is 23.9 Å². The molecule has 0 saturated heterocycles. The molecule has 0 aliphatic carbocycles. The number of rotatable bonds is 13. The molecule has 0 aliphatic heterocycles. The quantitative estimate of drug-likeness (QED) is 0.222. The molecule has 7 heteroatoms. The molecule has 4 N–H and O–H groups in total. The van der Waals surface area contributed by atoms with E-state index in [4.69, 9.17) is 20.9 Å². The normalized spacial score (nSPS) is 11.6. The van der Waals surface area contributed by atoms with Gasteiger partial charge < -0.3 is 20.9 Å². The molecule has 132 valence electrons. The van der Waals surface area contributed by atoms with Gasteiger partial charge in [-0.15, -0.1) is 0 Å². The summed E-state index contributed by atoms with van der Waals surface area (Å²) in [5, 5.41) is 0. The molecule has 0 heterocycles. The van der Waals surface area contributed by atoms with Gasteiger partial charge in [-0.1, -0.05) is 19.4 Å². The summed E-state index contributed by atoms with van der Waals surface area (Å²) in [4.78, 5) is 33.5. The van der Waals surface area contributed by atoms with Crippen molar-refractivity contribution >= 4 is 17.7 Å². The summed E-state index contributed by atoms with van der Waals surface area (Å²) >= 11 is 0. The number of esters is 2. The van der Waals surface area contributed by atoms with E-state index in [0.29, 0.717) is 18.5 Å². The second-order valence-corrected chi connectivity index (χ2v) is 5.44. The van der Waals surface area contributed by atoms with Crippen LogP contribution in [0, 0.1) is 0 Å². The van der Waals surface area contributed by atoms with Crippen LogP contribution in [0.5, 0.6) is 0 Å². The minimum absolute atomic E-state index is 0.0762. The highest BCUT2D eigenvalue weighted by Crippen LogP contribution is 2.10. The van der Waals surface area contributed by atoms with Crippen LogP contribution in [0.1, 0.15) is 45.4 Å². The maximum Gasteiger partial charge on any atom is 0.333 e. The van der Waals surface area contributed by atoms with Crippen molar-refractivity contribution in [3.05, 3.63) is 12.2 Å². The number of unbranched alkanes of at least 4 members (excludes halogenated alkanes) is 2. The van der Waals surface area contributed by atoms with E-state index < -0.39 is 11.9 Å². The van der Waals surface area contributed by atoms with Crippen LogP contribution < -0.4 is 11.5 Å². The van der Waals surface area contributed by atoms with E-state index in [1.807, 2.05) is 0 Å². The number of nitrogens with two attached hydrogens (primary N) is 2. The van der Waals surface area contributed by atoms with E-state index in [1.165, 1.54) is 6.92 Å². The third kappa shape index (κ3) is 12.5. The second-order valence-electron chi connectivity index (χ2n) is 5.44. The molecule has 0 rings (SSSR count). The standard InChI is InChI=1S/C16H28N2O5/c1-12(10-14(18)6-4-3-5-7-17)16(21)23-9-8-22-15(20)11-13(2)19/h14H,1,3-11,17-18H2,2H3. The summed E-state index contributed by atoms with van der Waals surface area (Å²) in [6.07, 6.45) is 3.85. The molecule has 0 aromatic heterocycles. The first-order valence-corrected chi connectivity index (χ1v) is 7.82. The van der Waals surface area contributed by atoms with Gasteiger partial charge in [0.1, 0.15) is 25.4 Å². The first-order chi connectivity index (χ1) is 10.9. The molecule has 0 bridgehead atoms. The molecule has 1 atom stereocenters. The maximum atomic E-state index is 11.7. The summed E-state index contributed by atoms with van der Waals surface area (Å²) in [5.74, 6) is -1.46. The molecular weight excluding hydrogens is 300 g/mol. The Morgan fingerprint density at radius 1 is 1.09 bits per heavy atom. The molecule has 0 aromatic carbocycles. The van der Waals surface area contributed by atoms with Crippen LogP contribution in [0.3, 0.4) is 0 Å². The lowest BCUT2D eigenvalue weighted by molar-refractivity contribution is -0.151. The Hall–Kier alpha value is -1.73. The fourth-order valence-corrected chi connectivity index (χ4v) is 1.88. The van der Waals surface area contributed by atoms with E-state index in [1.54, 1.807) is 0 Å². The van der Waals surface area contributed by atoms with Gasteiger partial charge in [-0.05, 0) is 32.7 Å². The van der Waals surface area contributed by atoms with E-state index in [2.05, 4.69) is 6.58 Å². The lowest BCUT2D eigenvalue weighted by atomic mass is 10.0. The van der Waals surface area contributed by atoms with E-state index in [-0.39, 0.29) is 31.5 Å². The van der Waals surface area contributed by atoms with Gasteiger partial charge in [-0.25, -0.2) is 4.79 Å². The first-order valence-electron chi connectivity index (χ1n) is 7.82. The molecule has 0 fully saturated rings. The van der Waals surface area contributed by atoms with Crippen LogP contribution in [0.25, 0.3) is 0 Å². The lowest BCUT2D eigenvalue weighted by Crippen LogP contribution is -2.23. The van der Waals surface area contributed by atoms with Crippen LogP contribution >= 0.6 is 0 Å². The largest absolute Gasteiger partial charge is 0.462 e. The Labute approximate surface area is 137 Å². The SMILES string of the molecule is C=C(CC(N)CCCCCN)C(=O)OCCOC(=O)CC(C)=O. The average Bonchev–Trinajstić information content (AvgIpc) is 2.47. The predicted molar refractivity (Wildman–Crippen MR) is 86.5 cm³/mol. The van der Waals surface area contributed by atoms with Gasteiger partial charge in [-0.2, -0.15) is 0 Å². The monoisotopic (exact) mass is 328 g/mol. The van der Waals surface area contributed by atoms with Crippen molar-refractivity contribution in [1.82, 2.24) is 0 Å². The van der Waals surface area contributed by atoms with Crippen LogP contribution in [0.15, 0.2) is 12.2 Å². The summed E-state index contributed by atoms with van der Waals surface area (Å²) in [6.45, 7) is 5.47. The van der Waals surface area contributed by atoms with E-state index in [0.717, 1.165) is 25.7 Å². The van der Waals surface area contributed by atoms with Gasteiger partial charge in [0, 0.05) is 11.6 Å². The van der Waals surface area contributed by atoms with Gasteiger partial charge >= 0.3 is 11.9 Å². The highest BCUT2D eigenvalue weighted by molar-refractivity contribution is 5.94. The van der Waals surface area contributed by atoms with Crippen molar-refractivity contribution in [2.75, 3.05) is 19.8 Å². The number of carbonyl (C=O) groups is 3. The van der Waals surface area contributed by atoms with Crippen molar-refractivity contribution in [3.63, 3.8) is 0 Å². The van der Waals surface area contributed by atoms with Gasteiger partial charge in [0.2, 0.25) is 0 Å². The highest BCUT2D eigenvalue weighted by atomic mass is 16.6. The summed E-state index contributed by atoms with van der Waals surface area (Å²) in [7, 11) is 0. The molecule has 23 heavy (non-hydrogen) atoms. The van der Waals surface area contributed by atoms with Gasteiger partial charge in [0.25, 0.3) is 0 Å². The van der Waals surface area contributed by atoms with Crippen LogP contribution in [0.2, 0.25) is 0 Å². The number of ether oxygens (including phenoxy) is 2. The number of carbonyl (C=O) groups excluding carboxylic acids is 3. The third-order valence-corrected chi connectivity index (χ3v) is 3.05. The van der Waals surface area contributed by atoms with Gasteiger partial charge in [-0.3, -0.25) is 9.59 Å². The van der Waals surface area contributed by atoms with Crippen molar-refractivity contribution in [1.29, 1.82) is 0 Å². The lowest BCUT2D eigenvalue weighted by Gasteiger charge is -2.13. The fourth-order valence-electron chi connectivity index (χ4n) is 1.88. The zero-order valence-electron chi connectivity index (χ0n) is 13.8. The highest BCUT2D eigenvalue weighted by Gasteiger charge is 2.13. The number of ketones is 1. The molecule has 0 spiro atoms. The second kappa shape index (κ2) is 12.8. The molecule has 0 amide bonds. The van der Waals surface area contributed by atoms with Gasteiger partial charge in [0.15, 0.2) is 0 Å². The zero-order valence-corrected chi connectivity index (χ0v) is 13.8. The van der Waals surface area contributed by atoms with Crippen molar-refractivity contribution in [3.8, 4) is 0 Å². The van der Waals surface area contributed by atoms with Crippen molar-refractivity contribution in [2.24, 2.45) is 11.5 Å². The zero-order chi connectivity index (χ0) is 17.7. The van der Waals surface area contributed by atoms with E-state index in [9.17, 15) is 14.4 Å². The minimum atomic E-state index is -0.633. The number of Topliss-reactive ketones (excluding diaryl/α,β-unsaturated/α-hetero) is 1. The molecule has 0 saturated carbocycles. The van der Waals surface area contributed by atoms with Crippen molar-refractivity contribution < 1.29 is 23.9 Å². The van der Waals surface area contributed by atoms with E-state index >= 15 is 0 Å². The maximum absolute atomic E-state index is 11.7.